The molecule has 2 aliphatic rings. The molecule has 119 valence electrons. The maximum absolute atomic E-state index is 10.4. The van der Waals surface area contributed by atoms with E-state index in [-0.39, 0.29) is 42.0 Å². The second-order valence-electron chi connectivity index (χ2n) is 4.97. The molecular weight excluding hydrogens is 356 g/mol. The molecule has 0 saturated carbocycles. The zero-order valence-electron chi connectivity index (χ0n) is 12.0. The molecule has 2 aromatic rings. The van der Waals surface area contributed by atoms with Gasteiger partial charge in [0.25, 0.3) is 0 Å². The standard InChI is InChI=1S/C10H12N5O5PS.Na/c11-8-5-9(13-2-12-8)15(3-14-5)10-6(16)7-4(19-10)1-18-21(17,22)20-7;/h2-4,6-7,10,16H,1H2,(H,17,22)(H2,11,12,13);/t4-,6-,7-,10-,21?;/m1./s1. The van der Waals surface area contributed by atoms with Crippen LogP contribution in [-0.4, -0.2) is 84.0 Å². The van der Waals surface area contributed by atoms with Crippen molar-refractivity contribution < 1.29 is 23.8 Å². The number of hydrogen-bond donors (Lipinski definition) is 3. The number of ether oxygens (including phenoxy) is 1. The second kappa shape index (κ2) is 6.26. The molecule has 4 N–H and O–H groups in total. The number of aromatic nitrogens is 4. The van der Waals surface area contributed by atoms with E-state index in [1.54, 1.807) is 4.57 Å². The molecule has 10 nitrogen and oxygen atoms in total. The summed E-state index contributed by atoms with van der Waals surface area (Å²) in [6.45, 7) is -3.28. The molecule has 0 amide bonds. The smallest absolute Gasteiger partial charge is 0.325 e. The molecule has 23 heavy (non-hydrogen) atoms. The predicted octanol–water partition coefficient (Wildman–Crippen LogP) is -1.08. The van der Waals surface area contributed by atoms with Crippen LogP contribution in [0.4, 0.5) is 5.82 Å². The fourth-order valence-electron chi connectivity index (χ4n) is 2.62. The Morgan fingerprint density at radius 2 is 2.17 bits per heavy atom. The van der Waals surface area contributed by atoms with Gasteiger partial charge in [-0.15, -0.1) is 0 Å². The monoisotopic (exact) mass is 368 g/mol. The molecule has 2 fully saturated rings. The van der Waals surface area contributed by atoms with Gasteiger partial charge in [-0.2, -0.15) is 0 Å². The van der Waals surface area contributed by atoms with Gasteiger partial charge in [0.15, 0.2) is 17.7 Å². The Labute approximate surface area is 157 Å². The van der Waals surface area contributed by atoms with Gasteiger partial charge in [0.1, 0.15) is 30.2 Å². The zero-order valence-corrected chi connectivity index (χ0v) is 15.7. The fourth-order valence-corrected chi connectivity index (χ4v) is 4.07. The number of hydrogen-bond acceptors (Lipinski definition) is 9. The van der Waals surface area contributed by atoms with Crippen LogP contribution in [0.2, 0.25) is 0 Å². The van der Waals surface area contributed by atoms with Crippen molar-refractivity contribution in [3.05, 3.63) is 12.7 Å². The number of aliphatic hydroxyl groups excluding tert-OH is 1. The van der Waals surface area contributed by atoms with E-state index < -0.39 is 31.3 Å². The summed E-state index contributed by atoms with van der Waals surface area (Å²) in [4.78, 5) is 21.8. The summed E-state index contributed by atoms with van der Waals surface area (Å²) >= 11 is 4.80. The van der Waals surface area contributed by atoms with Crippen LogP contribution in [0.5, 0.6) is 0 Å². The summed E-state index contributed by atoms with van der Waals surface area (Å²) in [6.07, 6.45) is -0.414. The van der Waals surface area contributed by atoms with Crippen molar-refractivity contribution in [2.75, 3.05) is 12.3 Å². The molecule has 0 bridgehead atoms. The molecular formula is C10H12N5NaO5PS. The molecule has 0 spiro atoms. The van der Waals surface area contributed by atoms with Crippen LogP contribution in [0, 0.1) is 0 Å². The summed E-state index contributed by atoms with van der Waals surface area (Å²) in [6, 6.07) is 0. The quantitative estimate of drug-likeness (QED) is 0.421. The van der Waals surface area contributed by atoms with Gasteiger partial charge in [-0.3, -0.25) is 9.09 Å². The number of nitrogens with two attached hydrogens (primary N) is 1. The average Bonchev–Trinajstić information content (AvgIpc) is 3.01. The zero-order chi connectivity index (χ0) is 15.5. The van der Waals surface area contributed by atoms with Crippen molar-refractivity contribution in [2.45, 2.75) is 24.5 Å². The molecule has 2 saturated heterocycles. The number of nitrogen functional groups attached to an aromatic ring is 1. The Bertz CT molecular complexity index is 792. The number of aliphatic hydroxyl groups is 1. The number of imidazole rings is 1. The minimum atomic E-state index is -3.33. The molecule has 4 rings (SSSR count). The Morgan fingerprint density at radius 3 is 2.96 bits per heavy atom. The molecule has 4 heterocycles. The van der Waals surface area contributed by atoms with Crippen molar-refractivity contribution in [3.63, 3.8) is 0 Å². The van der Waals surface area contributed by atoms with E-state index in [9.17, 15) is 10.00 Å². The molecule has 2 aromatic heterocycles. The molecule has 1 radical (unpaired) electrons. The Kier molecular flexibility index (Phi) is 4.80. The van der Waals surface area contributed by atoms with Crippen LogP contribution in [0.15, 0.2) is 12.7 Å². The van der Waals surface area contributed by atoms with Gasteiger partial charge in [0.2, 0.25) is 0 Å². The first-order valence-corrected chi connectivity index (χ1v) is 8.97. The van der Waals surface area contributed by atoms with E-state index in [0.29, 0.717) is 11.2 Å². The third-order valence-corrected chi connectivity index (χ3v) is 5.19. The Hall–Kier alpha value is -0.200. The van der Waals surface area contributed by atoms with E-state index in [0.717, 1.165) is 0 Å². The van der Waals surface area contributed by atoms with Gasteiger partial charge in [0.05, 0.1) is 12.9 Å². The maximum Gasteiger partial charge on any atom is 0.325 e. The van der Waals surface area contributed by atoms with Gasteiger partial charge in [-0.1, -0.05) is 0 Å². The first-order valence-electron chi connectivity index (χ1n) is 6.38. The normalized spacial score (nSPS) is 36.6. The number of rotatable bonds is 1. The van der Waals surface area contributed by atoms with Gasteiger partial charge < -0.3 is 25.0 Å². The summed E-state index contributed by atoms with van der Waals surface area (Å²) in [5.41, 5.74) is 6.58. The van der Waals surface area contributed by atoms with E-state index in [4.69, 9.17) is 31.3 Å². The number of fused-ring (bicyclic) bond motifs is 2. The van der Waals surface area contributed by atoms with Crippen LogP contribution in [0.1, 0.15) is 6.23 Å². The first-order chi connectivity index (χ1) is 10.5. The van der Waals surface area contributed by atoms with Gasteiger partial charge in [0, 0.05) is 29.6 Å². The van der Waals surface area contributed by atoms with Crippen LogP contribution in [0.3, 0.4) is 0 Å². The molecule has 13 heteroatoms. The van der Waals surface area contributed by atoms with Crippen molar-refractivity contribution >= 4 is 65.1 Å². The maximum atomic E-state index is 10.4. The van der Waals surface area contributed by atoms with E-state index in [1.807, 2.05) is 0 Å². The van der Waals surface area contributed by atoms with Gasteiger partial charge in [-0.25, -0.2) is 15.0 Å². The number of anilines is 1. The van der Waals surface area contributed by atoms with Gasteiger partial charge >= 0.3 is 6.72 Å². The van der Waals surface area contributed by atoms with Crippen molar-refractivity contribution in [2.24, 2.45) is 0 Å². The van der Waals surface area contributed by atoms with Crippen LogP contribution in [-0.2, 0) is 25.6 Å². The largest absolute Gasteiger partial charge is 0.386 e. The Morgan fingerprint density at radius 1 is 1.39 bits per heavy atom. The van der Waals surface area contributed by atoms with Crippen LogP contribution >= 0.6 is 6.72 Å². The topological polar surface area (TPSA) is 138 Å². The van der Waals surface area contributed by atoms with Crippen molar-refractivity contribution in [1.82, 2.24) is 19.5 Å². The third kappa shape index (κ3) is 2.95. The van der Waals surface area contributed by atoms with E-state index in [2.05, 4.69) is 15.0 Å². The molecule has 1 unspecified atom stereocenters. The molecule has 5 atom stereocenters. The van der Waals surface area contributed by atoms with Gasteiger partial charge in [-0.05, 0) is 11.8 Å². The predicted molar refractivity (Wildman–Crippen MR) is 82.7 cm³/mol. The summed E-state index contributed by atoms with van der Waals surface area (Å²) in [5, 5.41) is 10.4. The second-order valence-corrected chi connectivity index (χ2v) is 7.76. The van der Waals surface area contributed by atoms with Crippen molar-refractivity contribution in [1.29, 1.82) is 0 Å². The van der Waals surface area contributed by atoms with Crippen LogP contribution in [0.25, 0.3) is 11.2 Å². The third-order valence-electron chi connectivity index (χ3n) is 3.63. The minimum Gasteiger partial charge on any atom is -0.386 e. The summed E-state index contributed by atoms with van der Waals surface area (Å²) < 4.78 is 17.6. The minimum absolute atomic E-state index is 0. The number of nitrogens with zero attached hydrogens (tertiary/aromatic N) is 4. The average molecular weight is 368 g/mol. The summed E-state index contributed by atoms with van der Waals surface area (Å²) in [5.74, 6) is 0.235. The molecule has 2 aliphatic heterocycles. The van der Waals surface area contributed by atoms with Crippen molar-refractivity contribution in [3.8, 4) is 0 Å². The van der Waals surface area contributed by atoms with Crippen LogP contribution < -0.4 is 5.73 Å². The first kappa shape index (κ1) is 17.6. The molecule has 0 aliphatic carbocycles. The van der Waals surface area contributed by atoms with E-state index >= 15 is 0 Å². The molecule has 0 aromatic carbocycles. The summed E-state index contributed by atoms with van der Waals surface area (Å²) in [7, 11) is 0. The SMILES string of the molecule is Nc1ncnc2c1ncn2[C@@H]1O[C@@H]2COP(O)(=S)O[C@H]2[C@H]1O.[Na]. The van der Waals surface area contributed by atoms with E-state index in [1.165, 1.54) is 12.7 Å². The Balaban J connectivity index is 0.00000156. The fraction of sp³-hybridized carbons (Fsp3) is 0.500.